The molecule has 0 rings (SSSR count). The van der Waals surface area contributed by atoms with Gasteiger partial charge in [-0.2, -0.15) is 84.9 Å². The molecule has 0 atom stereocenters. The van der Waals surface area contributed by atoms with Crippen molar-refractivity contribution in [3.05, 3.63) is 0 Å². The Morgan fingerprint density at radius 2 is 1.00 bits per heavy atom. The van der Waals surface area contributed by atoms with Gasteiger partial charge in [0.2, 0.25) is 0 Å². The van der Waals surface area contributed by atoms with E-state index in [4.69, 9.17) is 0 Å². The Bertz CT molecular complexity index is 175. The molecule has 0 radical (unpaired) electrons. The van der Waals surface area contributed by atoms with Gasteiger partial charge in [0, 0.05) is 45.7 Å². The van der Waals surface area contributed by atoms with Gasteiger partial charge in [-0.1, -0.05) is 6.92 Å². The molecule has 0 saturated carbocycles. The number of thioether (sulfide) groups is 4. The minimum absolute atomic E-state index is 0.454. The van der Waals surface area contributed by atoms with Gasteiger partial charge >= 0.3 is 0 Å². The van der Waals surface area contributed by atoms with Crippen molar-refractivity contribution in [1.29, 1.82) is 0 Å². The number of hydrogen-bond donors (Lipinski definition) is 3. The summed E-state index contributed by atoms with van der Waals surface area (Å²) in [4.78, 5) is 0. The highest BCUT2D eigenvalue weighted by Gasteiger charge is 2.29. The van der Waals surface area contributed by atoms with Crippen molar-refractivity contribution in [2.45, 2.75) is 6.92 Å². The van der Waals surface area contributed by atoms with Gasteiger partial charge in [-0.15, -0.1) is 0 Å². The van der Waals surface area contributed by atoms with Crippen LogP contribution in [-0.2, 0) is 0 Å². The Labute approximate surface area is 159 Å². The fourth-order valence-electron chi connectivity index (χ4n) is 1.63. The summed E-state index contributed by atoms with van der Waals surface area (Å²) < 4.78 is 0. The highest BCUT2D eigenvalue weighted by atomic mass is 32.2. The first-order valence-corrected chi connectivity index (χ1v) is 13.4. The van der Waals surface area contributed by atoms with Gasteiger partial charge in [0.05, 0.1) is 0 Å². The Morgan fingerprint density at radius 3 is 1.30 bits per heavy atom. The highest BCUT2D eigenvalue weighted by Crippen LogP contribution is 2.35. The van der Waals surface area contributed by atoms with E-state index in [9.17, 15) is 0 Å². The molecule has 0 N–H and O–H groups in total. The quantitative estimate of drug-likeness (QED) is 0.265. The summed E-state index contributed by atoms with van der Waals surface area (Å²) >= 11 is 21.3. The van der Waals surface area contributed by atoms with Crippen molar-refractivity contribution >= 4 is 84.9 Å². The third-order valence-corrected chi connectivity index (χ3v) is 9.28. The summed E-state index contributed by atoms with van der Waals surface area (Å²) in [6.07, 6.45) is 0. The normalized spacial score (nSPS) is 12.0. The van der Waals surface area contributed by atoms with Crippen LogP contribution in [0.5, 0.6) is 0 Å². The zero-order valence-electron chi connectivity index (χ0n) is 12.3. The van der Waals surface area contributed by atoms with Gasteiger partial charge in [-0.3, -0.25) is 0 Å². The van der Waals surface area contributed by atoms with E-state index in [-0.39, 0.29) is 0 Å². The van der Waals surface area contributed by atoms with E-state index in [1.54, 1.807) is 0 Å². The van der Waals surface area contributed by atoms with Gasteiger partial charge < -0.3 is 0 Å². The first-order chi connectivity index (χ1) is 9.74. The van der Waals surface area contributed by atoms with Gasteiger partial charge in [-0.25, -0.2) is 0 Å². The first-order valence-electron chi connectivity index (χ1n) is 6.88. The Balaban J connectivity index is 4.48. The van der Waals surface area contributed by atoms with E-state index in [0.717, 1.165) is 34.5 Å². The van der Waals surface area contributed by atoms with E-state index >= 15 is 0 Å². The van der Waals surface area contributed by atoms with Crippen molar-refractivity contribution in [1.82, 2.24) is 0 Å². The highest BCUT2D eigenvalue weighted by molar-refractivity contribution is 8.02. The molecule has 0 amide bonds. The van der Waals surface area contributed by atoms with E-state index in [1.165, 1.54) is 28.8 Å². The SMILES string of the molecule is CCSCC(CSCCS)(CSCCS)CSCCS. The summed E-state index contributed by atoms with van der Waals surface area (Å²) in [5, 5.41) is 0. The summed E-state index contributed by atoms with van der Waals surface area (Å²) in [5.74, 6) is 12.7. The molecular formula is C13H28S7. The molecule has 122 valence electrons. The molecule has 0 nitrogen and oxygen atoms in total. The Morgan fingerprint density at radius 1 is 0.650 bits per heavy atom. The molecule has 0 bridgehead atoms. The lowest BCUT2D eigenvalue weighted by Crippen LogP contribution is -2.34. The average molecular weight is 409 g/mol. The second kappa shape index (κ2) is 16.3. The van der Waals surface area contributed by atoms with Crippen LogP contribution in [0.1, 0.15) is 6.92 Å². The van der Waals surface area contributed by atoms with E-state index < -0.39 is 0 Å². The number of rotatable bonds is 15. The molecule has 7 heteroatoms. The molecule has 0 saturated heterocycles. The molecule has 0 heterocycles. The van der Waals surface area contributed by atoms with Gasteiger partial charge in [0.25, 0.3) is 0 Å². The van der Waals surface area contributed by atoms with Gasteiger partial charge in [0.1, 0.15) is 0 Å². The lowest BCUT2D eigenvalue weighted by atomic mass is 9.99. The number of thiol groups is 3. The van der Waals surface area contributed by atoms with Gasteiger partial charge in [0.15, 0.2) is 0 Å². The molecule has 0 aromatic heterocycles. The predicted molar refractivity (Wildman–Crippen MR) is 119 cm³/mol. The molecule has 0 aliphatic carbocycles. The van der Waals surface area contributed by atoms with Crippen LogP contribution in [0.4, 0.5) is 0 Å². The Hall–Kier alpha value is 2.45. The minimum Gasteiger partial charge on any atom is -0.179 e. The standard InChI is InChI=1S/C13H28S7/c1-2-17-9-13(10-18-6-3-14,11-19-7-4-15)12-20-8-5-16/h14-16H,2-12H2,1H3. The number of hydrogen-bond acceptors (Lipinski definition) is 7. The first kappa shape index (κ1) is 22.4. The molecule has 0 unspecified atom stereocenters. The van der Waals surface area contributed by atoms with Crippen molar-refractivity contribution in [2.24, 2.45) is 5.41 Å². The summed E-state index contributed by atoms with van der Waals surface area (Å²) in [6.45, 7) is 2.26. The fraction of sp³-hybridized carbons (Fsp3) is 1.00. The molecule has 0 aliphatic rings. The molecule has 0 fully saturated rings. The maximum Gasteiger partial charge on any atom is 0.00650 e. The topological polar surface area (TPSA) is 0 Å². The van der Waals surface area contributed by atoms with Crippen molar-refractivity contribution < 1.29 is 0 Å². The summed E-state index contributed by atoms with van der Waals surface area (Å²) in [6, 6.07) is 0. The van der Waals surface area contributed by atoms with Crippen LogP contribution in [0.3, 0.4) is 0 Å². The lowest BCUT2D eigenvalue weighted by Gasteiger charge is -2.33. The maximum atomic E-state index is 4.34. The van der Waals surface area contributed by atoms with Crippen molar-refractivity contribution in [3.8, 4) is 0 Å². The monoisotopic (exact) mass is 408 g/mol. The van der Waals surface area contributed by atoms with E-state index in [0.29, 0.717) is 5.41 Å². The molecule has 0 aromatic carbocycles. The third kappa shape index (κ3) is 11.9. The zero-order chi connectivity index (χ0) is 15.1. The third-order valence-electron chi connectivity index (χ3n) is 2.54. The molecule has 20 heavy (non-hydrogen) atoms. The van der Waals surface area contributed by atoms with Crippen LogP contribution < -0.4 is 0 Å². The largest absolute Gasteiger partial charge is 0.179 e. The van der Waals surface area contributed by atoms with Gasteiger partial charge in [-0.05, 0) is 23.0 Å². The second-order valence-electron chi connectivity index (χ2n) is 4.47. The van der Waals surface area contributed by atoms with Crippen LogP contribution in [0.15, 0.2) is 0 Å². The minimum atomic E-state index is 0.454. The maximum absolute atomic E-state index is 4.34. The van der Waals surface area contributed by atoms with Crippen LogP contribution in [0.25, 0.3) is 0 Å². The van der Waals surface area contributed by atoms with Crippen LogP contribution in [0, 0.1) is 5.41 Å². The van der Waals surface area contributed by atoms with Crippen LogP contribution in [0.2, 0.25) is 0 Å². The smallest absolute Gasteiger partial charge is 0.00650 e. The summed E-state index contributed by atoms with van der Waals surface area (Å²) in [5.41, 5.74) is 0.454. The van der Waals surface area contributed by atoms with Crippen molar-refractivity contribution in [3.63, 3.8) is 0 Å². The summed E-state index contributed by atoms with van der Waals surface area (Å²) in [7, 11) is 0. The molecular weight excluding hydrogens is 381 g/mol. The van der Waals surface area contributed by atoms with Crippen LogP contribution in [-0.4, -0.2) is 63.3 Å². The molecule has 0 aliphatic heterocycles. The van der Waals surface area contributed by atoms with E-state index in [2.05, 4.69) is 91.9 Å². The van der Waals surface area contributed by atoms with E-state index in [1.807, 2.05) is 0 Å². The average Bonchev–Trinajstić information content (AvgIpc) is 2.46. The zero-order valence-corrected chi connectivity index (χ0v) is 18.2. The fourth-order valence-corrected chi connectivity index (χ4v) is 7.55. The second-order valence-corrected chi connectivity index (χ2v) is 10.4. The predicted octanol–water partition coefficient (Wildman–Crippen LogP) is 4.71. The lowest BCUT2D eigenvalue weighted by molar-refractivity contribution is 0.516. The van der Waals surface area contributed by atoms with Crippen molar-refractivity contribution in [2.75, 3.05) is 63.3 Å². The Kier molecular flexibility index (Phi) is 18.3. The molecule has 0 spiro atoms. The molecule has 0 aromatic rings. The van der Waals surface area contributed by atoms with Crippen LogP contribution >= 0.6 is 84.9 Å².